The summed E-state index contributed by atoms with van der Waals surface area (Å²) in [5, 5.41) is 3.69. The van der Waals surface area contributed by atoms with Gasteiger partial charge >= 0.3 is 0 Å². The number of para-hydroxylation sites is 1. The number of fused-ring (bicyclic) bond motifs is 1. The van der Waals surface area contributed by atoms with E-state index in [2.05, 4.69) is 15.3 Å². The molecule has 0 aliphatic rings. The van der Waals surface area contributed by atoms with Crippen LogP contribution in [0.3, 0.4) is 0 Å². The molecule has 0 radical (unpaired) electrons. The number of furan rings is 1. The molecule has 0 unspecified atom stereocenters. The average molecular weight is 349 g/mol. The van der Waals surface area contributed by atoms with Crippen molar-refractivity contribution in [3.63, 3.8) is 0 Å². The van der Waals surface area contributed by atoms with Crippen LogP contribution in [0.15, 0.2) is 65.3 Å². The van der Waals surface area contributed by atoms with Crippen molar-refractivity contribution in [1.29, 1.82) is 0 Å². The van der Waals surface area contributed by atoms with Gasteiger partial charge < -0.3 is 9.73 Å². The predicted octanol–water partition coefficient (Wildman–Crippen LogP) is 4.44. The van der Waals surface area contributed by atoms with Gasteiger partial charge in [0, 0.05) is 12.4 Å². The van der Waals surface area contributed by atoms with Crippen molar-refractivity contribution in [1.82, 2.24) is 15.3 Å². The quantitative estimate of drug-likeness (QED) is 0.591. The van der Waals surface area contributed by atoms with E-state index in [1.165, 1.54) is 0 Å². The van der Waals surface area contributed by atoms with Crippen LogP contribution in [-0.2, 0) is 0 Å². The third kappa shape index (κ3) is 3.16. The molecule has 4 aromatic rings. The Bertz CT molecular complexity index is 990. The Morgan fingerprint density at radius 1 is 1.12 bits per heavy atom. The number of benzene rings is 1. The first-order chi connectivity index (χ1) is 12.2. The van der Waals surface area contributed by atoms with Gasteiger partial charge in [0.2, 0.25) is 0 Å². The molecule has 6 heteroatoms. The summed E-state index contributed by atoms with van der Waals surface area (Å²) in [5.41, 5.74) is 1.91. The number of nitrogens with one attached hydrogen (secondary N) is 1. The number of thiazole rings is 1. The second kappa shape index (κ2) is 6.49. The Morgan fingerprint density at radius 2 is 1.92 bits per heavy atom. The second-order valence-corrected chi connectivity index (χ2v) is 6.66. The SMILES string of the molecule is C[C@H](NC(=O)c1ccc(-c2nc3ccccc3s2)o1)c1ccncc1. The number of hydrogen-bond acceptors (Lipinski definition) is 5. The molecule has 0 aliphatic carbocycles. The van der Waals surface area contributed by atoms with E-state index in [1.54, 1.807) is 35.9 Å². The number of rotatable bonds is 4. The summed E-state index contributed by atoms with van der Waals surface area (Å²) < 4.78 is 6.81. The first kappa shape index (κ1) is 15.5. The smallest absolute Gasteiger partial charge is 0.287 e. The highest BCUT2D eigenvalue weighted by Gasteiger charge is 2.17. The summed E-state index contributed by atoms with van der Waals surface area (Å²) in [4.78, 5) is 20.9. The number of pyridine rings is 1. The molecule has 0 saturated carbocycles. The fourth-order valence-electron chi connectivity index (χ4n) is 2.56. The zero-order chi connectivity index (χ0) is 17.2. The molecule has 1 N–H and O–H groups in total. The monoisotopic (exact) mass is 349 g/mol. The van der Waals surface area contributed by atoms with Crippen molar-refractivity contribution < 1.29 is 9.21 Å². The lowest BCUT2D eigenvalue weighted by Crippen LogP contribution is -2.26. The molecule has 0 bridgehead atoms. The lowest BCUT2D eigenvalue weighted by molar-refractivity contribution is 0.0912. The topological polar surface area (TPSA) is 68.0 Å². The van der Waals surface area contributed by atoms with Crippen LogP contribution in [0.2, 0.25) is 0 Å². The summed E-state index contributed by atoms with van der Waals surface area (Å²) in [5.74, 6) is 0.620. The van der Waals surface area contributed by atoms with E-state index < -0.39 is 0 Å². The van der Waals surface area contributed by atoms with Crippen molar-refractivity contribution in [3.05, 3.63) is 72.2 Å². The number of carbonyl (C=O) groups is 1. The standard InChI is InChI=1S/C19H15N3O2S/c1-12(13-8-10-20-11-9-13)21-18(23)15-6-7-16(24-15)19-22-14-4-2-3-5-17(14)25-19/h2-12H,1H3,(H,21,23)/t12-/m0/s1. The molecule has 25 heavy (non-hydrogen) atoms. The first-order valence-electron chi connectivity index (χ1n) is 7.87. The summed E-state index contributed by atoms with van der Waals surface area (Å²) in [6.45, 7) is 1.92. The van der Waals surface area contributed by atoms with Crippen molar-refractivity contribution in [2.45, 2.75) is 13.0 Å². The molecule has 3 heterocycles. The Hall–Kier alpha value is -2.99. The van der Waals surface area contributed by atoms with Gasteiger partial charge in [-0.15, -0.1) is 11.3 Å². The maximum absolute atomic E-state index is 12.4. The van der Waals surface area contributed by atoms with Crippen LogP contribution >= 0.6 is 11.3 Å². The lowest BCUT2D eigenvalue weighted by Gasteiger charge is -2.12. The predicted molar refractivity (Wildman–Crippen MR) is 97.4 cm³/mol. The van der Waals surface area contributed by atoms with E-state index in [-0.39, 0.29) is 17.7 Å². The molecular weight excluding hydrogens is 334 g/mol. The van der Waals surface area contributed by atoms with Gasteiger partial charge in [-0.2, -0.15) is 0 Å². The van der Waals surface area contributed by atoms with Gasteiger partial charge in [0.1, 0.15) is 0 Å². The molecule has 0 spiro atoms. The number of hydrogen-bond donors (Lipinski definition) is 1. The average Bonchev–Trinajstić information content (AvgIpc) is 3.29. The molecule has 3 aromatic heterocycles. The van der Waals surface area contributed by atoms with Gasteiger partial charge in [-0.05, 0) is 48.9 Å². The molecule has 0 saturated heterocycles. The van der Waals surface area contributed by atoms with Gasteiger partial charge in [-0.3, -0.25) is 9.78 Å². The van der Waals surface area contributed by atoms with Crippen molar-refractivity contribution in [3.8, 4) is 10.8 Å². The normalized spacial score (nSPS) is 12.2. The van der Waals surface area contributed by atoms with Crippen LogP contribution in [0.1, 0.15) is 29.1 Å². The van der Waals surface area contributed by atoms with E-state index in [0.717, 1.165) is 20.8 Å². The van der Waals surface area contributed by atoms with Gasteiger partial charge in [0.15, 0.2) is 16.5 Å². The van der Waals surface area contributed by atoms with Crippen LogP contribution in [0.4, 0.5) is 0 Å². The van der Waals surface area contributed by atoms with E-state index >= 15 is 0 Å². The summed E-state index contributed by atoms with van der Waals surface area (Å²) in [6, 6.07) is 15.0. The second-order valence-electron chi connectivity index (χ2n) is 5.63. The fourth-order valence-corrected chi connectivity index (χ4v) is 3.48. The Balaban J connectivity index is 1.53. The molecule has 1 atom stereocenters. The maximum atomic E-state index is 12.4. The van der Waals surface area contributed by atoms with Crippen LogP contribution in [0.5, 0.6) is 0 Å². The molecule has 0 fully saturated rings. The lowest BCUT2D eigenvalue weighted by atomic mass is 10.1. The number of nitrogens with zero attached hydrogens (tertiary/aromatic N) is 2. The third-order valence-electron chi connectivity index (χ3n) is 3.89. The minimum Gasteiger partial charge on any atom is -0.448 e. The van der Waals surface area contributed by atoms with E-state index in [9.17, 15) is 4.79 Å². The zero-order valence-electron chi connectivity index (χ0n) is 13.5. The summed E-state index contributed by atoms with van der Waals surface area (Å²) >= 11 is 1.54. The van der Waals surface area contributed by atoms with Crippen LogP contribution in [0.25, 0.3) is 21.0 Å². The van der Waals surface area contributed by atoms with Crippen LogP contribution < -0.4 is 5.32 Å². The molecular formula is C19H15N3O2S. The highest BCUT2D eigenvalue weighted by molar-refractivity contribution is 7.21. The zero-order valence-corrected chi connectivity index (χ0v) is 14.3. The van der Waals surface area contributed by atoms with Crippen LogP contribution in [0, 0.1) is 0 Å². The van der Waals surface area contributed by atoms with E-state index in [1.807, 2.05) is 43.3 Å². The summed E-state index contributed by atoms with van der Waals surface area (Å²) in [7, 11) is 0. The highest BCUT2D eigenvalue weighted by Crippen LogP contribution is 2.31. The maximum Gasteiger partial charge on any atom is 0.287 e. The van der Waals surface area contributed by atoms with Crippen LogP contribution in [-0.4, -0.2) is 15.9 Å². The van der Waals surface area contributed by atoms with Crippen molar-refractivity contribution >= 4 is 27.5 Å². The number of amides is 1. The van der Waals surface area contributed by atoms with E-state index in [0.29, 0.717) is 5.76 Å². The van der Waals surface area contributed by atoms with Gasteiger partial charge in [-0.1, -0.05) is 12.1 Å². The summed E-state index contributed by atoms with van der Waals surface area (Å²) in [6.07, 6.45) is 3.41. The molecule has 4 rings (SSSR count). The van der Waals surface area contributed by atoms with E-state index in [4.69, 9.17) is 4.42 Å². The Labute approximate surface area is 148 Å². The number of aromatic nitrogens is 2. The Kier molecular flexibility index (Phi) is 4.03. The van der Waals surface area contributed by atoms with Gasteiger partial charge in [0.05, 0.1) is 16.3 Å². The molecule has 124 valence electrons. The molecule has 0 aliphatic heterocycles. The minimum atomic E-state index is -0.253. The Morgan fingerprint density at radius 3 is 2.72 bits per heavy atom. The van der Waals surface area contributed by atoms with Gasteiger partial charge in [0.25, 0.3) is 5.91 Å². The molecule has 1 aromatic carbocycles. The number of carbonyl (C=O) groups excluding carboxylic acids is 1. The fraction of sp³-hybridized carbons (Fsp3) is 0.105. The molecule has 1 amide bonds. The molecule has 5 nitrogen and oxygen atoms in total. The van der Waals surface area contributed by atoms with Gasteiger partial charge in [-0.25, -0.2) is 4.98 Å². The third-order valence-corrected chi connectivity index (χ3v) is 4.94. The first-order valence-corrected chi connectivity index (χ1v) is 8.69. The van der Waals surface area contributed by atoms with Crippen molar-refractivity contribution in [2.24, 2.45) is 0 Å². The van der Waals surface area contributed by atoms with Crippen molar-refractivity contribution in [2.75, 3.05) is 0 Å². The largest absolute Gasteiger partial charge is 0.448 e. The highest BCUT2D eigenvalue weighted by atomic mass is 32.1. The minimum absolute atomic E-state index is 0.133.